The molecule has 2 rings (SSSR count). The number of aryl methyl sites for hydroxylation is 4. The number of carbonyl (C=O) groups excluding carboxylic acids is 1. The first-order valence-corrected chi connectivity index (χ1v) is 10.3. The van der Waals surface area contributed by atoms with Gasteiger partial charge >= 0.3 is 0 Å². The lowest BCUT2D eigenvalue weighted by Gasteiger charge is -2.12. The summed E-state index contributed by atoms with van der Waals surface area (Å²) in [5.74, 6) is 3.00. The van der Waals surface area contributed by atoms with Crippen LogP contribution in [0.5, 0.6) is 5.75 Å². The minimum absolute atomic E-state index is 0.0924. The van der Waals surface area contributed by atoms with E-state index in [1.54, 1.807) is 0 Å². The molecule has 140 valence electrons. The number of hydrogen-bond acceptors (Lipinski definition) is 3. The fourth-order valence-corrected chi connectivity index (χ4v) is 3.63. The van der Waals surface area contributed by atoms with Crippen LogP contribution in [0.3, 0.4) is 0 Å². The van der Waals surface area contributed by atoms with Crippen LogP contribution in [0, 0.1) is 27.7 Å². The molecular formula is C22H29NO2S. The summed E-state index contributed by atoms with van der Waals surface area (Å²) in [4.78, 5) is 12.1. The second kappa shape index (κ2) is 10.3. The van der Waals surface area contributed by atoms with Crippen molar-refractivity contribution in [2.45, 2.75) is 40.5 Å². The number of carbonyl (C=O) groups is 1. The lowest BCUT2D eigenvalue weighted by molar-refractivity contribution is -0.116. The number of para-hydroxylation sites is 2. The number of hydrogen-bond donors (Lipinski definition) is 1. The first-order valence-electron chi connectivity index (χ1n) is 9.12. The SMILES string of the molecule is Cc1cccc(C)c1NC(=O)CCCSCCOc1c(C)cccc1C. The molecule has 4 heteroatoms. The summed E-state index contributed by atoms with van der Waals surface area (Å²) in [5, 5.41) is 3.04. The van der Waals surface area contributed by atoms with Crippen LogP contribution in [-0.4, -0.2) is 24.0 Å². The van der Waals surface area contributed by atoms with E-state index in [0.29, 0.717) is 13.0 Å². The van der Waals surface area contributed by atoms with E-state index in [9.17, 15) is 4.79 Å². The number of thioether (sulfide) groups is 1. The van der Waals surface area contributed by atoms with Crippen LogP contribution in [0.1, 0.15) is 35.1 Å². The van der Waals surface area contributed by atoms with E-state index in [4.69, 9.17) is 4.74 Å². The number of anilines is 1. The molecule has 3 nitrogen and oxygen atoms in total. The van der Waals surface area contributed by atoms with Gasteiger partial charge in [0.05, 0.1) is 6.61 Å². The van der Waals surface area contributed by atoms with Crippen LogP contribution < -0.4 is 10.1 Å². The molecule has 0 radical (unpaired) electrons. The van der Waals surface area contributed by atoms with Crippen molar-refractivity contribution in [1.82, 2.24) is 0 Å². The zero-order chi connectivity index (χ0) is 18.9. The molecule has 0 aromatic heterocycles. The molecule has 0 bridgehead atoms. The minimum Gasteiger partial charge on any atom is -0.492 e. The standard InChI is InChI=1S/C22H29NO2S/c1-16-8-5-9-17(2)21(16)23-20(24)12-7-14-26-15-13-25-22-18(3)10-6-11-19(22)4/h5-6,8-11H,7,12-15H2,1-4H3,(H,23,24). The summed E-state index contributed by atoms with van der Waals surface area (Å²) in [6.45, 7) is 8.89. The van der Waals surface area contributed by atoms with Crippen LogP contribution >= 0.6 is 11.8 Å². The molecule has 2 aromatic carbocycles. The maximum Gasteiger partial charge on any atom is 0.224 e. The molecule has 0 aliphatic heterocycles. The largest absolute Gasteiger partial charge is 0.492 e. The molecule has 26 heavy (non-hydrogen) atoms. The van der Waals surface area contributed by atoms with E-state index in [-0.39, 0.29) is 5.91 Å². The minimum atomic E-state index is 0.0924. The van der Waals surface area contributed by atoms with E-state index in [2.05, 4.69) is 37.4 Å². The maximum absolute atomic E-state index is 12.1. The highest BCUT2D eigenvalue weighted by atomic mass is 32.2. The fraction of sp³-hybridized carbons (Fsp3) is 0.409. The molecular weight excluding hydrogens is 342 g/mol. The van der Waals surface area contributed by atoms with Crippen molar-refractivity contribution in [3.63, 3.8) is 0 Å². The van der Waals surface area contributed by atoms with Crippen LogP contribution in [0.4, 0.5) is 5.69 Å². The highest BCUT2D eigenvalue weighted by Gasteiger charge is 2.07. The Morgan fingerprint density at radius 2 is 1.50 bits per heavy atom. The van der Waals surface area contributed by atoms with Gasteiger partial charge in [0.1, 0.15) is 5.75 Å². The average molecular weight is 372 g/mol. The summed E-state index contributed by atoms with van der Waals surface area (Å²) in [5.41, 5.74) is 5.52. The third-order valence-electron chi connectivity index (χ3n) is 4.32. The second-order valence-electron chi connectivity index (χ2n) is 6.60. The van der Waals surface area contributed by atoms with Gasteiger partial charge < -0.3 is 10.1 Å². The predicted octanol–water partition coefficient (Wildman–Crippen LogP) is 5.45. The number of benzene rings is 2. The Kier molecular flexibility index (Phi) is 8.05. The molecule has 1 N–H and O–H groups in total. The highest BCUT2D eigenvalue weighted by molar-refractivity contribution is 7.99. The molecule has 2 aromatic rings. The van der Waals surface area contributed by atoms with Crippen molar-refractivity contribution in [3.05, 3.63) is 58.7 Å². The van der Waals surface area contributed by atoms with Crippen LogP contribution in [0.15, 0.2) is 36.4 Å². The van der Waals surface area contributed by atoms with E-state index in [1.165, 1.54) is 11.1 Å². The van der Waals surface area contributed by atoms with E-state index >= 15 is 0 Å². The number of nitrogens with one attached hydrogen (secondary N) is 1. The Labute approximate surface area is 161 Å². The number of ether oxygens (including phenoxy) is 1. The number of amides is 1. The van der Waals surface area contributed by atoms with Crippen molar-refractivity contribution < 1.29 is 9.53 Å². The lowest BCUT2D eigenvalue weighted by atomic mass is 10.1. The summed E-state index contributed by atoms with van der Waals surface area (Å²) >= 11 is 1.83. The molecule has 0 saturated carbocycles. The first kappa shape index (κ1) is 20.4. The van der Waals surface area contributed by atoms with Crippen molar-refractivity contribution in [3.8, 4) is 5.75 Å². The van der Waals surface area contributed by atoms with E-state index in [1.807, 2.05) is 43.8 Å². The van der Waals surface area contributed by atoms with Gasteiger partial charge in [-0.3, -0.25) is 4.79 Å². The van der Waals surface area contributed by atoms with Crippen LogP contribution in [-0.2, 0) is 4.79 Å². The van der Waals surface area contributed by atoms with Gasteiger partial charge in [-0.2, -0.15) is 11.8 Å². The zero-order valence-corrected chi connectivity index (χ0v) is 17.0. The summed E-state index contributed by atoms with van der Waals surface area (Å²) in [6.07, 6.45) is 1.43. The third kappa shape index (κ3) is 6.10. The third-order valence-corrected chi connectivity index (χ3v) is 5.35. The van der Waals surface area contributed by atoms with E-state index < -0.39 is 0 Å². The van der Waals surface area contributed by atoms with Gasteiger partial charge in [-0.15, -0.1) is 0 Å². The highest BCUT2D eigenvalue weighted by Crippen LogP contribution is 2.23. The van der Waals surface area contributed by atoms with Gasteiger partial charge in [0, 0.05) is 17.9 Å². The Hall–Kier alpha value is -1.94. The predicted molar refractivity (Wildman–Crippen MR) is 113 cm³/mol. The quantitative estimate of drug-likeness (QED) is 0.596. The van der Waals surface area contributed by atoms with Gasteiger partial charge in [-0.25, -0.2) is 0 Å². The molecule has 0 unspecified atom stereocenters. The van der Waals surface area contributed by atoms with Gasteiger partial charge in [0.2, 0.25) is 5.91 Å². The monoisotopic (exact) mass is 371 g/mol. The van der Waals surface area contributed by atoms with Crippen molar-refractivity contribution in [2.75, 3.05) is 23.4 Å². The van der Waals surface area contributed by atoms with Gasteiger partial charge in [-0.1, -0.05) is 36.4 Å². The van der Waals surface area contributed by atoms with Crippen molar-refractivity contribution >= 4 is 23.4 Å². The molecule has 0 spiro atoms. The molecule has 0 atom stereocenters. The van der Waals surface area contributed by atoms with Crippen LogP contribution in [0.2, 0.25) is 0 Å². The Bertz CT molecular complexity index is 702. The molecule has 0 fully saturated rings. The van der Waals surface area contributed by atoms with Gasteiger partial charge in [-0.05, 0) is 62.1 Å². The fourth-order valence-electron chi connectivity index (χ4n) is 2.88. The smallest absolute Gasteiger partial charge is 0.224 e. The number of rotatable bonds is 9. The van der Waals surface area contributed by atoms with Crippen LogP contribution in [0.25, 0.3) is 0 Å². The first-order chi connectivity index (χ1) is 12.5. The van der Waals surface area contributed by atoms with Crippen molar-refractivity contribution in [1.29, 1.82) is 0 Å². The molecule has 0 heterocycles. The average Bonchev–Trinajstić information content (AvgIpc) is 2.59. The van der Waals surface area contributed by atoms with Gasteiger partial charge in [0.15, 0.2) is 0 Å². The summed E-state index contributed by atoms with van der Waals surface area (Å²) in [7, 11) is 0. The Morgan fingerprint density at radius 3 is 2.12 bits per heavy atom. The molecule has 1 amide bonds. The molecule has 0 saturated heterocycles. The van der Waals surface area contributed by atoms with Gasteiger partial charge in [0.25, 0.3) is 0 Å². The Morgan fingerprint density at radius 1 is 0.923 bits per heavy atom. The lowest BCUT2D eigenvalue weighted by Crippen LogP contribution is -2.13. The zero-order valence-electron chi connectivity index (χ0n) is 16.2. The van der Waals surface area contributed by atoms with E-state index in [0.717, 1.165) is 40.5 Å². The Balaban J connectivity index is 1.61. The molecule has 0 aliphatic rings. The van der Waals surface area contributed by atoms with Crippen molar-refractivity contribution in [2.24, 2.45) is 0 Å². The second-order valence-corrected chi connectivity index (χ2v) is 7.83. The normalized spacial score (nSPS) is 10.6. The molecule has 0 aliphatic carbocycles. The topological polar surface area (TPSA) is 38.3 Å². The summed E-state index contributed by atoms with van der Waals surface area (Å²) < 4.78 is 5.90. The maximum atomic E-state index is 12.1. The summed E-state index contributed by atoms with van der Waals surface area (Å²) in [6, 6.07) is 12.3.